The van der Waals surface area contributed by atoms with Crippen molar-refractivity contribution in [2.45, 2.75) is 6.10 Å². The smallest absolute Gasteiger partial charge is 0.188 e. The van der Waals surface area contributed by atoms with Crippen LogP contribution in [0.4, 0.5) is 0 Å². The zero-order valence-electron chi connectivity index (χ0n) is 12.1. The average molecular weight is 308 g/mol. The number of aliphatic hydroxyl groups is 1. The Morgan fingerprint density at radius 3 is 2.23 bits per heavy atom. The molecule has 22 heavy (non-hydrogen) atoms. The summed E-state index contributed by atoms with van der Waals surface area (Å²) in [5.41, 5.74) is 0.574. The SMILES string of the molecule is CNCC(O)c1ccc(O)c(O)c1.NOc1ccccc1O. The van der Waals surface area contributed by atoms with Gasteiger partial charge >= 0.3 is 0 Å². The van der Waals surface area contributed by atoms with Crippen LogP contribution in [-0.2, 0) is 0 Å². The minimum absolute atomic E-state index is 0.0556. The lowest BCUT2D eigenvalue weighted by molar-refractivity contribution is 0.177. The maximum Gasteiger partial charge on any atom is 0.188 e. The molecule has 1 unspecified atom stereocenters. The Bertz CT molecular complexity index is 592. The molecule has 0 aliphatic rings. The summed E-state index contributed by atoms with van der Waals surface area (Å²) < 4.78 is 0. The van der Waals surface area contributed by atoms with Gasteiger partial charge in [-0.15, -0.1) is 0 Å². The van der Waals surface area contributed by atoms with Crippen molar-refractivity contribution in [2.24, 2.45) is 5.90 Å². The highest BCUT2D eigenvalue weighted by atomic mass is 16.6. The number of aromatic hydroxyl groups is 3. The number of phenolic OH excluding ortho intramolecular Hbond substituents is 3. The van der Waals surface area contributed by atoms with Crippen LogP contribution >= 0.6 is 0 Å². The molecule has 0 bridgehead atoms. The molecule has 2 aromatic rings. The van der Waals surface area contributed by atoms with E-state index in [0.29, 0.717) is 12.1 Å². The van der Waals surface area contributed by atoms with E-state index in [0.717, 1.165) is 0 Å². The molecule has 0 saturated carbocycles. The molecule has 7 N–H and O–H groups in total. The highest BCUT2D eigenvalue weighted by Crippen LogP contribution is 2.27. The highest BCUT2D eigenvalue weighted by molar-refractivity contribution is 5.41. The lowest BCUT2D eigenvalue weighted by atomic mass is 10.1. The van der Waals surface area contributed by atoms with Crippen LogP contribution in [0.3, 0.4) is 0 Å². The van der Waals surface area contributed by atoms with Crippen LogP contribution in [0.1, 0.15) is 11.7 Å². The van der Waals surface area contributed by atoms with Gasteiger partial charge in [-0.1, -0.05) is 18.2 Å². The number of rotatable bonds is 4. The zero-order valence-corrected chi connectivity index (χ0v) is 12.1. The highest BCUT2D eigenvalue weighted by Gasteiger charge is 2.08. The van der Waals surface area contributed by atoms with Crippen molar-refractivity contribution in [2.75, 3.05) is 13.6 Å². The molecule has 0 aliphatic heterocycles. The van der Waals surface area contributed by atoms with Crippen molar-refractivity contribution in [1.29, 1.82) is 0 Å². The third-order valence-corrected chi connectivity index (χ3v) is 2.77. The molecule has 2 rings (SSSR count). The molecule has 0 amide bonds. The van der Waals surface area contributed by atoms with Crippen LogP contribution in [0.2, 0.25) is 0 Å². The van der Waals surface area contributed by atoms with E-state index in [-0.39, 0.29) is 23.0 Å². The molecule has 0 saturated heterocycles. The summed E-state index contributed by atoms with van der Waals surface area (Å²) in [5.74, 6) is 4.74. The summed E-state index contributed by atoms with van der Waals surface area (Å²) in [6.45, 7) is 0.407. The molecule has 1 atom stereocenters. The van der Waals surface area contributed by atoms with Gasteiger partial charge in [-0.25, -0.2) is 0 Å². The fourth-order valence-electron chi connectivity index (χ4n) is 1.62. The van der Waals surface area contributed by atoms with Gasteiger partial charge in [0.25, 0.3) is 0 Å². The predicted octanol–water partition coefficient (Wildman–Crippen LogP) is 0.995. The number of hydrogen-bond donors (Lipinski definition) is 6. The summed E-state index contributed by atoms with van der Waals surface area (Å²) in [7, 11) is 1.73. The first-order valence-electron chi connectivity index (χ1n) is 6.48. The molecular weight excluding hydrogens is 288 g/mol. The Kier molecular flexibility index (Phi) is 6.97. The summed E-state index contributed by atoms with van der Waals surface area (Å²) in [6.07, 6.45) is -0.670. The van der Waals surface area contributed by atoms with Gasteiger partial charge in [-0.2, -0.15) is 5.90 Å². The van der Waals surface area contributed by atoms with E-state index in [1.807, 2.05) is 0 Å². The van der Waals surface area contributed by atoms with E-state index in [1.54, 1.807) is 31.3 Å². The molecular formula is C15H20N2O5. The van der Waals surface area contributed by atoms with Gasteiger partial charge in [0.1, 0.15) is 0 Å². The van der Waals surface area contributed by atoms with Crippen molar-refractivity contribution in [3.05, 3.63) is 48.0 Å². The number of nitrogens with two attached hydrogens (primary N) is 1. The first kappa shape index (κ1) is 17.6. The molecule has 7 nitrogen and oxygen atoms in total. The van der Waals surface area contributed by atoms with Crippen molar-refractivity contribution in [3.63, 3.8) is 0 Å². The van der Waals surface area contributed by atoms with Gasteiger partial charge in [-0.3, -0.25) is 0 Å². The van der Waals surface area contributed by atoms with Crippen LogP contribution < -0.4 is 16.1 Å². The summed E-state index contributed by atoms with van der Waals surface area (Å²) >= 11 is 0. The lowest BCUT2D eigenvalue weighted by Gasteiger charge is -2.10. The van der Waals surface area contributed by atoms with Crippen LogP contribution in [-0.4, -0.2) is 34.0 Å². The largest absolute Gasteiger partial charge is 0.504 e. The Labute approximate surface area is 128 Å². The van der Waals surface area contributed by atoms with Gasteiger partial charge in [0.15, 0.2) is 23.0 Å². The molecule has 0 spiro atoms. The van der Waals surface area contributed by atoms with Gasteiger partial charge in [0.05, 0.1) is 6.10 Å². The molecule has 0 aliphatic carbocycles. The van der Waals surface area contributed by atoms with E-state index >= 15 is 0 Å². The molecule has 2 aromatic carbocycles. The Morgan fingerprint density at radius 1 is 1.05 bits per heavy atom. The van der Waals surface area contributed by atoms with E-state index < -0.39 is 6.10 Å². The normalized spacial score (nSPS) is 11.2. The van der Waals surface area contributed by atoms with Crippen LogP contribution in [0.25, 0.3) is 0 Å². The number of aliphatic hydroxyl groups excluding tert-OH is 1. The molecule has 0 aromatic heterocycles. The standard InChI is InChI=1S/C9H13NO3.C6H7NO2/c1-10-5-9(13)6-2-3-7(11)8(12)4-6;7-9-6-4-2-1-3-5(6)8/h2-4,9-13H,5H2,1H3;1-4,8H,7H2. The number of hydrogen-bond acceptors (Lipinski definition) is 7. The molecule has 0 radical (unpaired) electrons. The molecule has 0 fully saturated rings. The average Bonchev–Trinajstić information content (AvgIpc) is 2.51. The Morgan fingerprint density at radius 2 is 1.73 bits per heavy atom. The van der Waals surface area contributed by atoms with Gasteiger partial charge < -0.3 is 30.6 Å². The summed E-state index contributed by atoms with van der Waals surface area (Å²) in [6, 6.07) is 10.8. The van der Waals surface area contributed by atoms with Gasteiger partial charge in [0, 0.05) is 6.54 Å². The Hall–Kier alpha value is -2.48. The fraction of sp³-hybridized carbons (Fsp3) is 0.200. The maximum absolute atomic E-state index is 9.48. The molecule has 0 heterocycles. The van der Waals surface area contributed by atoms with Crippen molar-refractivity contribution >= 4 is 0 Å². The minimum Gasteiger partial charge on any atom is -0.504 e. The van der Waals surface area contributed by atoms with Crippen LogP contribution in [0.5, 0.6) is 23.0 Å². The number of nitrogens with one attached hydrogen (secondary N) is 1. The second kappa shape index (κ2) is 8.73. The second-order valence-corrected chi connectivity index (χ2v) is 4.41. The van der Waals surface area contributed by atoms with E-state index in [1.165, 1.54) is 18.2 Å². The number of para-hydroxylation sites is 2. The van der Waals surface area contributed by atoms with Crippen LogP contribution in [0, 0.1) is 0 Å². The topological polar surface area (TPSA) is 128 Å². The number of phenols is 3. The lowest BCUT2D eigenvalue weighted by Crippen LogP contribution is -2.16. The summed E-state index contributed by atoms with van der Waals surface area (Å²) in [5, 5.41) is 39.3. The first-order chi connectivity index (χ1) is 10.5. The predicted molar refractivity (Wildman–Crippen MR) is 81.6 cm³/mol. The third kappa shape index (κ3) is 5.13. The van der Waals surface area contributed by atoms with Crippen molar-refractivity contribution < 1.29 is 25.3 Å². The maximum atomic E-state index is 9.48. The first-order valence-corrected chi connectivity index (χ1v) is 6.48. The minimum atomic E-state index is -0.670. The number of likely N-dealkylation sites (N-methyl/N-ethyl adjacent to an activating group) is 1. The van der Waals surface area contributed by atoms with E-state index in [2.05, 4.69) is 10.2 Å². The third-order valence-electron chi connectivity index (χ3n) is 2.77. The van der Waals surface area contributed by atoms with Crippen LogP contribution in [0.15, 0.2) is 42.5 Å². The van der Waals surface area contributed by atoms with Crippen molar-refractivity contribution in [3.8, 4) is 23.0 Å². The van der Waals surface area contributed by atoms with E-state index in [9.17, 15) is 5.11 Å². The second-order valence-electron chi connectivity index (χ2n) is 4.41. The molecule has 7 heteroatoms. The quantitative estimate of drug-likeness (QED) is 0.367. The zero-order chi connectivity index (χ0) is 16.5. The monoisotopic (exact) mass is 308 g/mol. The van der Waals surface area contributed by atoms with Gasteiger partial charge in [-0.05, 0) is 36.9 Å². The Balaban J connectivity index is 0.000000235. The summed E-state index contributed by atoms with van der Waals surface area (Å²) in [4.78, 5) is 4.29. The molecule has 120 valence electrons. The number of benzene rings is 2. The van der Waals surface area contributed by atoms with Crippen molar-refractivity contribution in [1.82, 2.24) is 5.32 Å². The van der Waals surface area contributed by atoms with Gasteiger partial charge in [0.2, 0.25) is 0 Å². The fourth-order valence-corrected chi connectivity index (χ4v) is 1.62. The van der Waals surface area contributed by atoms with E-state index in [4.69, 9.17) is 21.2 Å².